The fourth-order valence-electron chi connectivity index (χ4n) is 7.28. The van der Waals surface area contributed by atoms with E-state index in [1.165, 1.54) is 18.2 Å². The minimum Gasteiger partial charge on any atom is -0.370 e. The molecule has 71 heavy (non-hydrogen) atoms. The molecule has 0 aromatic heterocycles. The Labute approximate surface area is 411 Å². The van der Waals surface area contributed by atoms with Gasteiger partial charge in [0, 0.05) is 32.4 Å². The molecule has 0 aliphatic heterocycles. The molecule has 0 aliphatic carbocycles. The van der Waals surface area contributed by atoms with Crippen molar-refractivity contribution in [3.63, 3.8) is 0 Å². The van der Waals surface area contributed by atoms with Gasteiger partial charge in [-0.2, -0.15) is 0 Å². The van der Waals surface area contributed by atoms with E-state index in [2.05, 4.69) is 31.3 Å². The van der Waals surface area contributed by atoms with Crippen LogP contribution in [0.3, 0.4) is 0 Å². The van der Waals surface area contributed by atoms with Crippen molar-refractivity contribution in [2.24, 2.45) is 50.3 Å². The van der Waals surface area contributed by atoms with Crippen LogP contribution in [-0.2, 0) is 51.2 Å². The van der Waals surface area contributed by atoms with Crippen LogP contribution in [0.2, 0.25) is 0 Å². The number of benzene rings is 3. The number of nitrogens with two attached hydrogens (primary N) is 6. The molecule has 7 amide bonds. The van der Waals surface area contributed by atoms with E-state index in [4.69, 9.17) is 34.4 Å². The lowest BCUT2D eigenvalue weighted by atomic mass is 9.99. The molecule has 3 aromatic rings. The maximum Gasteiger partial charge on any atom is 0.253 e. The predicted molar refractivity (Wildman–Crippen MR) is 267 cm³/mol. The van der Waals surface area contributed by atoms with Gasteiger partial charge in [0.05, 0.1) is 18.2 Å². The number of rotatable bonds is 28. The first-order valence-corrected chi connectivity index (χ1v) is 22.9. The van der Waals surface area contributed by atoms with E-state index in [1.807, 2.05) is 0 Å². The molecule has 0 unspecified atom stereocenters. The Morgan fingerprint density at radius 2 is 1.21 bits per heavy atom. The zero-order valence-corrected chi connectivity index (χ0v) is 40.1. The topological polar surface area (TPSA) is 369 Å². The Balaban J connectivity index is 2.07. The molecule has 3 rings (SSSR count). The van der Waals surface area contributed by atoms with Crippen LogP contribution in [0.5, 0.6) is 0 Å². The average molecular weight is 984 g/mol. The second-order valence-electron chi connectivity index (χ2n) is 17.1. The van der Waals surface area contributed by atoms with Crippen LogP contribution in [0, 0.1) is 11.7 Å². The third-order valence-electron chi connectivity index (χ3n) is 10.7. The summed E-state index contributed by atoms with van der Waals surface area (Å²) in [6.45, 7) is 4.91. The van der Waals surface area contributed by atoms with Crippen molar-refractivity contribution in [1.82, 2.24) is 26.2 Å². The zero-order chi connectivity index (χ0) is 52.6. The molecule has 0 fully saturated rings. The third-order valence-corrected chi connectivity index (χ3v) is 10.7. The first-order valence-electron chi connectivity index (χ1n) is 22.9. The molecule has 382 valence electrons. The van der Waals surface area contributed by atoms with Crippen molar-refractivity contribution in [3.05, 3.63) is 107 Å². The van der Waals surface area contributed by atoms with Crippen molar-refractivity contribution in [2.45, 2.75) is 102 Å². The predicted octanol–water partition coefficient (Wildman–Crippen LogP) is 0.195. The summed E-state index contributed by atoms with van der Waals surface area (Å²) < 4.78 is 14.1. The highest BCUT2D eigenvalue weighted by molar-refractivity contribution is 6.06. The van der Waals surface area contributed by atoms with Crippen LogP contribution in [0.1, 0.15) is 76.0 Å². The molecule has 22 heteroatoms. The van der Waals surface area contributed by atoms with Gasteiger partial charge in [-0.25, -0.2) is 9.38 Å². The van der Waals surface area contributed by atoms with Crippen molar-refractivity contribution in [3.8, 4) is 0 Å². The largest absolute Gasteiger partial charge is 0.370 e. The lowest BCUT2D eigenvalue weighted by molar-refractivity contribution is -0.148. The smallest absolute Gasteiger partial charge is 0.253 e. The molecular formula is C49H66FN13O8. The van der Waals surface area contributed by atoms with Gasteiger partial charge in [0.2, 0.25) is 35.4 Å². The summed E-state index contributed by atoms with van der Waals surface area (Å²) in [5, 5.41) is 10.7. The molecule has 0 aliphatic rings. The van der Waals surface area contributed by atoms with Crippen molar-refractivity contribution in [2.75, 3.05) is 13.1 Å². The molecular weight excluding hydrogens is 918 g/mol. The van der Waals surface area contributed by atoms with Gasteiger partial charge in [0.25, 0.3) is 5.91 Å². The molecule has 0 saturated heterocycles. The van der Waals surface area contributed by atoms with Crippen molar-refractivity contribution < 1.29 is 42.7 Å². The number of aliphatic imine (C=N–C) groups is 2. The molecule has 3 aromatic carbocycles. The Kier molecular flexibility index (Phi) is 23.5. The first kappa shape index (κ1) is 57.3. The molecule has 0 heterocycles. The summed E-state index contributed by atoms with van der Waals surface area (Å²) in [6.07, 6.45) is 1.99. The normalized spacial score (nSPS) is 13.1. The second-order valence-corrected chi connectivity index (χ2v) is 17.1. The summed E-state index contributed by atoms with van der Waals surface area (Å²) >= 11 is 0. The van der Waals surface area contributed by atoms with Gasteiger partial charge in [-0.3, -0.25) is 48.2 Å². The van der Waals surface area contributed by atoms with Gasteiger partial charge in [-0.05, 0) is 91.6 Å². The van der Waals surface area contributed by atoms with E-state index >= 15 is 0 Å². The van der Waals surface area contributed by atoms with Crippen molar-refractivity contribution in [1.29, 1.82) is 0 Å². The summed E-state index contributed by atoms with van der Waals surface area (Å²) in [7, 11) is 0. The van der Waals surface area contributed by atoms with Crippen LogP contribution >= 0.6 is 0 Å². The number of nitrogens with zero attached hydrogens (tertiary/aromatic N) is 3. The Hall–Kier alpha value is -8.01. The van der Waals surface area contributed by atoms with E-state index in [9.17, 15) is 42.7 Å². The van der Waals surface area contributed by atoms with E-state index in [0.717, 1.165) is 30.0 Å². The van der Waals surface area contributed by atoms with E-state index in [-0.39, 0.29) is 69.5 Å². The zero-order valence-electron chi connectivity index (χ0n) is 40.1. The Morgan fingerprint density at radius 1 is 0.662 bits per heavy atom. The highest BCUT2D eigenvalue weighted by Gasteiger charge is 2.36. The van der Waals surface area contributed by atoms with Crippen LogP contribution in [-0.4, -0.2) is 107 Å². The molecule has 5 atom stereocenters. The number of imide groups is 1. The minimum atomic E-state index is -1.58. The maximum atomic E-state index is 14.7. The van der Waals surface area contributed by atoms with Gasteiger partial charge in [0.15, 0.2) is 17.7 Å². The van der Waals surface area contributed by atoms with Crippen LogP contribution in [0.4, 0.5) is 10.1 Å². The molecule has 16 N–H and O–H groups in total. The fraction of sp³-hybridized carbons (Fsp3) is 0.388. The number of hydrogen-bond acceptors (Lipinski definition) is 11. The SMILES string of the molecule is CC(=O)N(C(=O)/C=C/c1ccccc1)[C@@H](Cc1ccc(F)cc1)C(=O)N[C@@H](Cc1ccc(N=C(N)N)cc1)C(=O)N[C@@H](CC(C)C)C(=O)N[C@@H](CCCN=C(N)N)C(=O)N[C@@H](CCCN)C(=O)CC(N)=O. The number of halogens is 1. The molecule has 21 nitrogen and oxygen atoms in total. The second kappa shape index (κ2) is 29.1. The number of carbonyl (C=O) groups excluding carboxylic acids is 8. The highest BCUT2D eigenvalue weighted by Crippen LogP contribution is 2.18. The summed E-state index contributed by atoms with van der Waals surface area (Å²) in [5.74, 6) is -7.85. The molecule has 0 bridgehead atoms. The average Bonchev–Trinajstić information content (AvgIpc) is 3.30. The fourth-order valence-corrected chi connectivity index (χ4v) is 7.28. The van der Waals surface area contributed by atoms with Crippen LogP contribution < -0.4 is 55.7 Å². The van der Waals surface area contributed by atoms with E-state index in [1.54, 1.807) is 68.4 Å². The van der Waals surface area contributed by atoms with Crippen LogP contribution in [0.25, 0.3) is 6.08 Å². The number of carbonyl (C=O) groups is 8. The van der Waals surface area contributed by atoms with Gasteiger partial charge in [-0.1, -0.05) is 68.4 Å². The number of guanidine groups is 2. The number of primary amides is 1. The quantitative estimate of drug-likeness (QED) is 0.0153. The lowest BCUT2D eigenvalue weighted by Crippen LogP contribution is -2.60. The maximum absolute atomic E-state index is 14.7. The van der Waals surface area contributed by atoms with E-state index in [0.29, 0.717) is 28.8 Å². The third kappa shape index (κ3) is 20.6. The van der Waals surface area contributed by atoms with Gasteiger partial charge >= 0.3 is 0 Å². The Morgan fingerprint density at radius 3 is 1.79 bits per heavy atom. The van der Waals surface area contributed by atoms with Gasteiger partial charge in [-0.15, -0.1) is 0 Å². The van der Waals surface area contributed by atoms with Crippen LogP contribution in [0.15, 0.2) is 94.9 Å². The van der Waals surface area contributed by atoms with E-state index < -0.39 is 89.6 Å². The van der Waals surface area contributed by atoms with Gasteiger partial charge in [0.1, 0.15) is 30.0 Å². The summed E-state index contributed by atoms with van der Waals surface area (Å²) in [6, 6.07) is 13.3. The molecule has 0 radical (unpaired) electrons. The standard InChI is InChI=1S/C49H66FN13O8/c1-29(2)25-38(45(69)60-37(12-8-24-57-48(53)54)44(68)59-36(11-7-23-51)41(65)28-42(52)66)61-46(70)39(26-32-15-20-35(21-16-32)58-49(55)56)62-47(71)40(27-33-13-18-34(50)19-14-33)63(30(3)64)43(67)22-17-31-9-5-4-6-10-31/h4-6,9-10,13-22,29,36-40H,7-8,11-12,23-28,51H2,1-3H3,(H2,52,66)(H,59,68)(H,60,69)(H,61,70)(H,62,71)(H4,53,54,57)(H4,55,56,58)/b22-17+/t36-,37-,38-,39-,40-/m0/s1. The number of nitrogens with one attached hydrogen (secondary N) is 4. The lowest BCUT2D eigenvalue weighted by Gasteiger charge is -2.30. The monoisotopic (exact) mass is 984 g/mol. The first-order chi connectivity index (χ1) is 33.7. The minimum absolute atomic E-state index is 0.0254. The summed E-state index contributed by atoms with van der Waals surface area (Å²) in [5.41, 5.74) is 34.9. The Bertz CT molecular complexity index is 2390. The van der Waals surface area contributed by atoms with Gasteiger partial charge < -0.3 is 55.7 Å². The van der Waals surface area contributed by atoms with Crippen molar-refractivity contribution >= 4 is 70.8 Å². The number of hydrogen-bond donors (Lipinski definition) is 10. The highest BCUT2D eigenvalue weighted by atomic mass is 19.1. The number of Topliss-reactive ketones (excluding diaryl/α,β-unsaturated/α-hetero) is 1. The number of ketones is 1. The molecule has 0 saturated carbocycles. The molecule has 0 spiro atoms. The summed E-state index contributed by atoms with van der Waals surface area (Å²) in [4.78, 5) is 118. The number of amides is 7.